The first-order chi connectivity index (χ1) is 13.5. The number of carbonyl (C=O) groups excluding carboxylic acids is 1. The summed E-state index contributed by atoms with van der Waals surface area (Å²) < 4.78 is 32.1. The van der Waals surface area contributed by atoms with Crippen LogP contribution < -0.4 is 0 Å². The van der Waals surface area contributed by atoms with Crippen molar-refractivity contribution in [1.82, 2.24) is 9.21 Å². The van der Waals surface area contributed by atoms with Crippen LogP contribution in [0.1, 0.15) is 51.0 Å². The van der Waals surface area contributed by atoms with Gasteiger partial charge in [-0.1, -0.05) is 69.4 Å². The molecule has 0 bridgehead atoms. The van der Waals surface area contributed by atoms with Gasteiger partial charge in [-0.15, -0.1) is 0 Å². The van der Waals surface area contributed by atoms with Crippen molar-refractivity contribution in [2.24, 2.45) is 0 Å². The molecule has 158 valence electrons. The SMILES string of the molecule is CCCCCCCCN1CCS(=O)(=O)N(Cc2ccccc2)C(C(=O)OC)C1. The summed E-state index contributed by atoms with van der Waals surface area (Å²) in [6.45, 7) is 4.04. The molecule has 0 amide bonds. The van der Waals surface area contributed by atoms with Gasteiger partial charge < -0.3 is 9.64 Å². The quantitative estimate of drug-likeness (QED) is 0.438. The minimum atomic E-state index is -3.55. The number of hydrogen-bond donors (Lipinski definition) is 0. The molecule has 1 heterocycles. The molecule has 1 aromatic carbocycles. The molecule has 1 fully saturated rings. The van der Waals surface area contributed by atoms with Gasteiger partial charge in [0.25, 0.3) is 0 Å². The molecular weight excluding hydrogens is 376 g/mol. The van der Waals surface area contributed by atoms with Crippen LogP contribution in [0, 0.1) is 0 Å². The van der Waals surface area contributed by atoms with Gasteiger partial charge in [0.15, 0.2) is 0 Å². The number of methoxy groups -OCH3 is 1. The van der Waals surface area contributed by atoms with Gasteiger partial charge in [-0.05, 0) is 18.5 Å². The average Bonchev–Trinajstić information content (AvgIpc) is 2.82. The molecule has 0 saturated carbocycles. The molecule has 0 N–H and O–H groups in total. The zero-order valence-electron chi connectivity index (χ0n) is 17.2. The highest BCUT2D eigenvalue weighted by Gasteiger charge is 2.39. The summed E-state index contributed by atoms with van der Waals surface area (Å²) in [7, 11) is -2.23. The fourth-order valence-corrected chi connectivity index (χ4v) is 5.21. The first-order valence-electron chi connectivity index (χ1n) is 10.3. The third-order valence-corrected chi connectivity index (χ3v) is 7.08. The summed E-state index contributed by atoms with van der Waals surface area (Å²) in [5, 5.41) is 0. The Bertz CT molecular complexity index is 694. The fourth-order valence-electron chi connectivity index (χ4n) is 3.60. The number of rotatable bonds is 10. The van der Waals surface area contributed by atoms with Gasteiger partial charge in [-0.25, -0.2) is 8.42 Å². The zero-order valence-corrected chi connectivity index (χ0v) is 18.0. The number of unbranched alkanes of at least 4 members (excludes halogenated alkanes) is 5. The second kappa shape index (κ2) is 11.5. The topological polar surface area (TPSA) is 66.9 Å². The summed E-state index contributed by atoms with van der Waals surface area (Å²) in [6, 6.07) is 8.58. The van der Waals surface area contributed by atoms with Crippen molar-refractivity contribution < 1.29 is 17.9 Å². The van der Waals surface area contributed by atoms with E-state index >= 15 is 0 Å². The molecule has 28 heavy (non-hydrogen) atoms. The van der Waals surface area contributed by atoms with E-state index in [9.17, 15) is 13.2 Å². The van der Waals surface area contributed by atoms with Gasteiger partial charge in [0.2, 0.25) is 10.0 Å². The molecule has 0 spiro atoms. The molecule has 1 atom stereocenters. The van der Waals surface area contributed by atoms with Crippen LogP contribution in [0.3, 0.4) is 0 Å². The van der Waals surface area contributed by atoms with E-state index in [0.29, 0.717) is 13.1 Å². The Kier molecular flexibility index (Phi) is 9.41. The van der Waals surface area contributed by atoms with Crippen LogP contribution >= 0.6 is 0 Å². The third kappa shape index (κ3) is 6.87. The molecule has 0 aromatic heterocycles. The zero-order chi connectivity index (χ0) is 20.4. The maximum Gasteiger partial charge on any atom is 0.325 e. The lowest BCUT2D eigenvalue weighted by Crippen LogP contribution is -2.48. The predicted octanol–water partition coefficient (Wildman–Crippen LogP) is 3.04. The monoisotopic (exact) mass is 410 g/mol. The summed E-state index contributed by atoms with van der Waals surface area (Å²) in [5.74, 6) is -0.460. The summed E-state index contributed by atoms with van der Waals surface area (Å²) in [4.78, 5) is 14.5. The van der Waals surface area contributed by atoms with Crippen LogP contribution in [0.5, 0.6) is 0 Å². The molecule has 1 aromatic rings. The molecule has 2 rings (SSSR count). The van der Waals surface area contributed by atoms with Crippen molar-refractivity contribution in [2.75, 3.05) is 32.5 Å². The lowest BCUT2D eigenvalue weighted by atomic mass is 10.1. The average molecular weight is 411 g/mol. The van der Waals surface area contributed by atoms with Gasteiger partial charge in [-0.3, -0.25) is 4.79 Å². The van der Waals surface area contributed by atoms with Crippen molar-refractivity contribution in [3.63, 3.8) is 0 Å². The number of esters is 1. The molecule has 6 nitrogen and oxygen atoms in total. The molecule has 1 unspecified atom stereocenters. The normalized spacial score (nSPS) is 20.6. The Hall–Kier alpha value is -1.44. The van der Waals surface area contributed by atoms with Crippen molar-refractivity contribution in [3.8, 4) is 0 Å². The fraction of sp³-hybridized carbons (Fsp3) is 0.667. The van der Waals surface area contributed by atoms with Gasteiger partial charge >= 0.3 is 5.97 Å². The van der Waals surface area contributed by atoms with Gasteiger partial charge in [0.1, 0.15) is 6.04 Å². The summed E-state index contributed by atoms with van der Waals surface area (Å²) in [6.07, 6.45) is 7.11. The van der Waals surface area contributed by atoms with E-state index in [1.165, 1.54) is 37.1 Å². The molecule has 1 aliphatic rings. The Morgan fingerprint density at radius 3 is 2.46 bits per heavy atom. The van der Waals surface area contributed by atoms with E-state index < -0.39 is 22.0 Å². The van der Waals surface area contributed by atoms with E-state index in [2.05, 4.69) is 11.8 Å². The highest BCUT2D eigenvalue weighted by atomic mass is 32.2. The van der Waals surface area contributed by atoms with Crippen LogP contribution in [-0.4, -0.2) is 62.1 Å². The second-order valence-electron chi connectivity index (χ2n) is 7.45. The second-order valence-corrected chi connectivity index (χ2v) is 9.50. The van der Waals surface area contributed by atoms with E-state index in [-0.39, 0.29) is 12.3 Å². The van der Waals surface area contributed by atoms with E-state index in [4.69, 9.17) is 4.74 Å². The minimum absolute atomic E-state index is 0.0309. The number of sulfonamides is 1. The van der Waals surface area contributed by atoms with Crippen LogP contribution in [0.25, 0.3) is 0 Å². The highest BCUT2D eigenvalue weighted by molar-refractivity contribution is 7.89. The molecular formula is C21H34N2O4S. The largest absolute Gasteiger partial charge is 0.468 e. The van der Waals surface area contributed by atoms with Crippen molar-refractivity contribution in [2.45, 2.75) is 58.0 Å². The van der Waals surface area contributed by atoms with Crippen molar-refractivity contribution in [3.05, 3.63) is 35.9 Å². The molecule has 7 heteroatoms. The Morgan fingerprint density at radius 2 is 1.79 bits per heavy atom. The standard InChI is InChI=1S/C21H34N2O4S/c1-3-4-5-6-7-11-14-22-15-16-28(25,26)23(20(18-22)21(24)27-2)17-19-12-9-8-10-13-19/h8-10,12-13,20H,3-7,11,14-18H2,1-2H3. The predicted molar refractivity (Wildman–Crippen MR) is 111 cm³/mol. The van der Waals surface area contributed by atoms with Crippen LogP contribution in [0.15, 0.2) is 30.3 Å². The van der Waals surface area contributed by atoms with Gasteiger partial charge in [0.05, 0.1) is 12.9 Å². The van der Waals surface area contributed by atoms with E-state index in [1.54, 1.807) is 0 Å². The van der Waals surface area contributed by atoms with Crippen molar-refractivity contribution >= 4 is 16.0 Å². The molecule has 1 saturated heterocycles. The number of carbonyl (C=O) groups is 1. The Balaban J connectivity index is 2.06. The summed E-state index contributed by atoms with van der Waals surface area (Å²) >= 11 is 0. The lowest BCUT2D eigenvalue weighted by molar-refractivity contribution is -0.145. The Morgan fingerprint density at radius 1 is 1.11 bits per heavy atom. The maximum atomic E-state index is 12.9. The number of ether oxygens (including phenoxy) is 1. The smallest absolute Gasteiger partial charge is 0.325 e. The third-order valence-electron chi connectivity index (χ3n) is 5.28. The van der Waals surface area contributed by atoms with E-state index in [1.807, 2.05) is 30.3 Å². The number of nitrogens with zero attached hydrogens (tertiary/aromatic N) is 2. The minimum Gasteiger partial charge on any atom is -0.468 e. The first kappa shape index (κ1) is 22.8. The lowest BCUT2D eigenvalue weighted by Gasteiger charge is -2.28. The summed E-state index contributed by atoms with van der Waals surface area (Å²) in [5.41, 5.74) is 0.865. The van der Waals surface area contributed by atoms with Crippen molar-refractivity contribution in [1.29, 1.82) is 0 Å². The van der Waals surface area contributed by atoms with Crippen LogP contribution in [0.4, 0.5) is 0 Å². The van der Waals surface area contributed by atoms with Gasteiger partial charge in [0, 0.05) is 19.6 Å². The first-order valence-corrected chi connectivity index (χ1v) is 11.9. The molecule has 0 aliphatic carbocycles. The van der Waals surface area contributed by atoms with Gasteiger partial charge in [-0.2, -0.15) is 4.31 Å². The molecule has 1 aliphatic heterocycles. The van der Waals surface area contributed by atoms with Crippen LogP contribution in [-0.2, 0) is 26.1 Å². The Labute approximate surface area is 169 Å². The van der Waals surface area contributed by atoms with Crippen LogP contribution in [0.2, 0.25) is 0 Å². The molecule has 0 radical (unpaired) electrons. The highest BCUT2D eigenvalue weighted by Crippen LogP contribution is 2.20. The maximum absolute atomic E-state index is 12.9. The number of hydrogen-bond acceptors (Lipinski definition) is 5. The van der Waals surface area contributed by atoms with E-state index in [0.717, 1.165) is 24.9 Å². The number of benzene rings is 1.